The Bertz CT molecular complexity index is 1890. The zero-order valence-electron chi connectivity index (χ0n) is 25.7. The van der Waals surface area contributed by atoms with E-state index in [4.69, 9.17) is 4.11 Å². The minimum atomic E-state index is -2.88. The summed E-state index contributed by atoms with van der Waals surface area (Å²) in [5.41, 5.74) is -0.850. The van der Waals surface area contributed by atoms with Crippen LogP contribution in [-0.2, 0) is 12.6 Å². The van der Waals surface area contributed by atoms with Crippen molar-refractivity contribution in [3.05, 3.63) is 71.3 Å². The lowest BCUT2D eigenvalue weighted by Gasteiger charge is -2.35. The molecule has 214 valence electrons. The number of rotatable bonds is 5. The predicted octanol–water partition coefficient (Wildman–Crippen LogP) is 6.61. The van der Waals surface area contributed by atoms with Gasteiger partial charge in [-0.25, -0.2) is 22.2 Å². The summed E-state index contributed by atoms with van der Waals surface area (Å²) in [4.78, 5) is 8.93. The monoisotopic (exact) mass is 569 g/mol. The molecule has 5 aromatic rings. The first kappa shape index (κ1) is 23.8. The topological polar surface area (TPSA) is 81.6 Å². The molecule has 0 spiro atoms. The normalized spacial score (nSPS) is 18.4. The van der Waals surface area contributed by atoms with Crippen molar-refractivity contribution in [2.45, 2.75) is 63.9 Å². The number of fused-ring (bicyclic) bond motifs is 3. The number of nitrogens with zero attached hydrogens (tertiary/aromatic N) is 6. The average molecular weight is 570 g/mol. The lowest BCUT2D eigenvalue weighted by atomic mass is 9.80. The van der Waals surface area contributed by atoms with E-state index >= 15 is 8.78 Å². The molecule has 7 nitrogen and oxygen atoms in total. The van der Waals surface area contributed by atoms with Gasteiger partial charge in [-0.05, 0) is 57.7 Å². The fourth-order valence-corrected chi connectivity index (χ4v) is 6.08. The van der Waals surface area contributed by atoms with Crippen LogP contribution in [0.5, 0.6) is 0 Å². The zero-order chi connectivity index (χ0) is 31.8. The van der Waals surface area contributed by atoms with Gasteiger partial charge in [-0.1, -0.05) is 17.3 Å². The van der Waals surface area contributed by atoms with Gasteiger partial charge in [0.05, 0.1) is 45.3 Å². The van der Waals surface area contributed by atoms with Crippen LogP contribution in [0, 0.1) is 24.4 Å². The third-order valence-corrected chi connectivity index (χ3v) is 8.05. The summed E-state index contributed by atoms with van der Waals surface area (Å²) >= 11 is 0. The highest BCUT2D eigenvalue weighted by Gasteiger charge is 2.41. The number of halogens is 4. The number of aliphatic hydroxyl groups is 1. The molecular formula is C30H30F4N6O. The Morgan fingerprint density at radius 1 is 1.15 bits per heavy atom. The zero-order valence-corrected chi connectivity index (χ0v) is 22.7. The average Bonchev–Trinajstić information content (AvgIpc) is 3.48. The van der Waals surface area contributed by atoms with Crippen LogP contribution in [0.1, 0.15) is 66.6 Å². The number of aromatic nitrogens is 6. The Hall–Kier alpha value is -3.86. The number of alkyl halides is 2. The SMILES string of the molecule is [2H]C([2H])([2H])c1nnn(C)c1-c1cnc2c3ccc(C(C)(C)O)c(F)c3n(C(c3ncccc3F)C3CCC(F)(F)CC3)c2c1. The van der Waals surface area contributed by atoms with Gasteiger partial charge >= 0.3 is 0 Å². The van der Waals surface area contributed by atoms with Gasteiger partial charge in [0.15, 0.2) is 5.82 Å². The van der Waals surface area contributed by atoms with Gasteiger partial charge in [-0.15, -0.1) is 5.10 Å². The lowest BCUT2D eigenvalue weighted by Crippen LogP contribution is -2.31. The van der Waals surface area contributed by atoms with Crippen LogP contribution in [0.15, 0.2) is 42.7 Å². The highest BCUT2D eigenvalue weighted by Crippen LogP contribution is 2.47. The number of pyridine rings is 2. The van der Waals surface area contributed by atoms with Gasteiger partial charge in [0.1, 0.15) is 5.82 Å². The van der Waals surface area contributed by atoms with Gasteiger partial charge < -0.3 is 9.67 Å². The first-order valence-electron chi connectivity index (χ1n) is 14.8. The number of benzene rings is 1. The van der Waals surface area contributed by atoms with Crippen LogP contribution >= 0.6 is 0 Å². The molecule has 0 radical (unpaired) electrons. The smallest absolute Gasteiger partial charge is 0.248 e. The molecular weight excluding hydrogens is 536 g/mol. The second-order valence-electron chi connectivity index (χ2n) is 11.3. The maximum absolute atomic E-state index is 16.6. The summed E-state index contributed by atoms with van der Waals surface area (Å²) < 4.78 is 87.6. The maximum atomic E-state index is 16.6. The third kappa shape index (κ3) is 4.56. The fraction of sp³-hybridized carbons (Fsp3) is 0.400. The van der Waals surface area contributed by atoms with Crippen molar-refractivity contribution in [3.63, 3.8) is 0 Å². The van der Waals surface area contributed by atoms with Gasteiger partial charge in [0, 0.05) is 52.9 Å². The van der Waals surface area contributed by atoms with Crippen molar-refractivity contribution in [2.75, 3.05) is 0 Å². The van der Waals surface area contributed by atoms with Crippen molar-refractivity contribution in [1.82, 2.24) is 29.5 Å². The molecule has 1 atom stereocenters. The van der Waals surface area contributed by atoms with E-state index < -0.39 is 54.8 Å². The maximum Gasteiger partial charge on any atom is 0.248 e. The van der Waals surface area contributed by atoms with E-state index in [2.05, 4.69) is 20.3 Å². The molecule has 1 aromatic carbocycles. The molecule has 41 heavy (non-hydrogen) atoms. The summed E-state index contributed by atoms with van der Waals surface area (Å²) in [5, 5.41) is 18.9. The van der Waals surface area contributed by atoms with Gasteiger partial charge in [0.25, 0.3) is 0 Å². The predicted molar refractivity (Wildman–Crippen MR) is 146 cm³/mol. The van der Waals surface area contributed by atoms with Crippen LogP contribution < -0.4 is 0 Å². The Labute approximate surface area is 238 Å². The largest absolute Gasteiger partial charge is 0.386 e. The summed E-state index contributed by atoms with van der Waals surface area (Å²) in [6.07, 6.45) is 2.00. The fourth-order valence-electron chi connectivity index (χ4n) is 6.08. The Balaban J connectivity index is 1.72. The van der Waals surface area contributed by atoms with Crippen LogP contribution in [0.25, 0.3) is 33.2 Å². The molecule has 1 aliphatic rings. The van der Waals surface area contributed by atoms with Gasteiger partial charge in [-0.2, -0.15) is 0 Å². The van der Waals surface area contributed by atoms with Crippen molar-refractivity contribution in [3.8, 4) is 11.3 Å². The minimum Gasteiger partial charge on any atom is -0.386 e. The van der Waals surface area contributed by atoms with Crippen LogP contribution in [0.3, 0.4) is 0 Å². The molecule has 0 bridgehead atoms. The Morgan fingerprint density at radius 3 is 2.59 bits per heavy atom. The standard InChI is InChI=1S/C30H30F4N6O/c1-16-26(39(4)38-37-16)18-14-22-24(36-15-18)19-7-8-20(29(2,3)41)23(32)28(19)40(22)27(25-21(31)6-5-13-35-25)17-9-11-30(33,34)12-10-17/h5-8,13-15,17,27,41H,9-12H2,1-4H3/i1D3. The summed E-state index contributed by atoms with van der Waals surface area (Å²) in [5.74, 6) is -4.91. The van der Waals surface area contributed by atoms with E-state index in [-0.39, 0.29) is 41.0 Å². The van der Waals surface area contributed by atoms with E-state index in [0.717, 1.165) is 0 Å². The summed E-state index contributed by atoms with van der Waals surface area (Å²) in [6, 6.07) is 6.25. The van der Waals surface area contributed by atoms with E-state index in [1.165, 1.54) is 60.7 Å². The minimum absolute atomic E-state index is 0.00385. The molecule has 1 fully saturated rings. The second kappa shape index (κ2) is 9.61. The summed E-state index contributed by atoms with van der Waals surface area (Å²) in [7, 11) is 1.53. The first-order chi connectivity index (χ1) is 20.6. The molecule has 0 aliphatic heterocycles. The molecule has 0 amide bonds. The van der Waals surface area contributed by atoms with Crippen molar-refractivity contribution in [1.29, 1.82) is 0 Å². The first-order valence-corrected chi connectivity index (χ1v) is 13.3. The highest BCUT2D eigenvalue weighted by atomic mass is 19.3. The van der Waals surface area contributed by atoms with Crippen molar-refractivity contribution in [2.24, 2.45) is 13.0 Å². The van der Waals surface area contributed by atoms with Crippen molar-refractivity contribution < 1.29 is 26.8 Å². The van der Waals surface area contributed by atoms with Crippen LogP contribution in [0.4, 0.5) is 17.6 Å². The molecule has 0 saturated heterocycles. The van der Waals surface area contributed by atoms with E-state index in [9.17, 15) is 13.9 Å². The van der Waals surface area contributed by atoms with Crippen molar-refractivity contribution >= 4 is 21.9 Å². The van der Waals surface area contributed by atoms with Gasteiger partial charge in [0.2, 0.25) is 5.92 Å². The molecule has 11 heteroatoms. The number of hydrogen-bond donors (Lipinski definition) is 1. The molecule has 1 saturated carbocycles. The van der Waals surface area contributed by atoms with E-state index in [1.54, 1.807) is 12.1 Å². The third-order valence-electron chi connectivity index (χ3n) is 8.05. The molecule has 1 aliphatic carbocycles. The molecule has 6 rings (SSSR count). The second-order valence-corrected chi connectivity index (χ2v) is 11.3. The summed E-state index contributed by atoms with van der Waals surface area (Å²) in [6.45, 7) is 0.267. The Kier molecular flexibility index (Phi) is 5.58. The highest BCUT2D eigenvalue weighted by molar-refractivity contribution is 6.07. The van der Waals surface area contributed by atoms with E-state index in [0.29, 0.717) is 22.0 Å². The molecule has 1 unspecified atom stereocenters. The molecule has 1 N–H and O–H groups in total. The Morgan fingerprint density at radius 2 is 1.90 bits per heavy atom. The quantitative estimate of drug-likeness (QED) is 0.241. The van der Waals surface area contributed by atoms with E-state index in [1.807, 2.05) is 0 Å². The van der Waals surface area contributed by atoms with Gasteiger partial charge in [-0.3, -0.25) is 9.97 Å². The van der Waals surface area contributed by atoms with Crippen LogP contribution in [-0.4, -0.2) is 40.6 Å². The lowest BCUT2D eigenvalue weighted by molar-refractivity contribution is -0.0496. The molecule has 4 heterocycles. The number of aryl methyl sites for hydroxylation is 2. The molecule has 4 aromatic heterocycles. The number of hydrogen-bond acceptors (Lipinski definition) is 5. The van der Waals surface area contributed by atoms with Crippen LogP contribution in [0.2, 0.25) is 0 Å².